The summed E-state index contributed by atoms with van der Waals surface area (Å²) in [4.78, 5) is 40.1. The molecule has 2 aliphatic heterocycles. The number of hydrogen-bond acceptors (Lipinski definition) is 4. The van der Waals surface area contributed by atoms with E-state index < -0.39 is 12.0 Å². The van der Waals surface area contributed by atoms with Crippen molar-refractivity contribution in [3.05, 3.63) is 35.4 Å². The van der Waals surface area contributed by atoms with Crippen LogP contribution < -0.4 is 5.32 Å². The van der Waals surface area contributed by atoms with Gasteiger partial charge in [0, 0.05) is 24.7 Å². The zero-order chi connectivity index (χ0) is 20.1. The molecule has 7 nitrogen and oxygen atoms in total. The number of benzene rings is 1. The standard InChI is InChI=1S/C21H29N3O4.ClH/c1-15-6-2-3-7-17(15)20(26)22-16-9-12-23(13-10-16)19(25)14-24-11-5-4-8-18(24)21(27)28;/h2-3,6-7,16,18H,4-5,8-14H2,1H3,(H,22,26)(H,27,28);1H. The minimum absolute atomic E-state index is 0. The number of hydrogen-bond donors (Lipinski definition) is 2. The number of halogens is 1. The molecule has 0 aliphatic carbocycles. The van der Waals surface area contributed by atoms with E-state index in [2.05, 4.69) is 5.32 Å². The zero-order valence-corrected chi connectivity index (χ0v) is 17.6. The topological polar surface area (TPSA) is 90.0 Å². The van der Waals surface area contributed by atoms with Gasteiger partial charge < -0.3 is 15.3 Å². The lowest BCUT2D eigenvalue weighted by atomic mass is 10.0. The Bertz CT molecular complexity index is 734. The Morgan fingerprint density at radius 2 is 1.76 bits per heavy atom. The second-order valence-electron chi connectivity index (χ2n) is 7.76. The van der Waals surface area contributed by atoms with E-state index in [1.165, 1.54) is 0 Å². The molecule has 2 amide bonds. The molecular weight excluding hydrogens is 394 g/mol. The van der Waals surface area contributed by atoms with E-state index in [9.17, 15) is 19.5 Å². The Kier molecular flexibility index (Phi) is 8.46. The molecule has 1 unspecified atom stereocenters. The molecule has 0 bridgehead atoms. The zero-order valence-electron chi connectivity index (χ0n) is 16.8. The number of aliphatic carboxylic acids is 1. The van der Waals surface area contributed by atoms with Gasteiger partial charge in [-0.3, -0.25) is 19.3 Å². The number of rotatable bonds is 5. The molecule has 0 aromatic heterocycles. The second-order valence-corrected chi connectivity index (χ2v) is 7.76. The normalized spacial score (nSPS) is 20.6. The molecule has 29 heavy (non-hydrogen) atoms. The number of carbonyl (C=O) groups is 3. The van der Waals surface area contributed by atoms with Crippen molar-refractivity contribution in [2.75, 3.05) is 26.2 Å². The minimum Gasteiger partial charge on any atom is -0.480 e. The van der Waals surface area contributed by atoms with E-state index in [1.54, 1.807) is 9.80 Å². The van der Waals surface area contributed by atoms with Gasteiger partial charge in [0.05, 0.1) is 6.54 Å². The molecule has 2 N–H and O–H groups in total. The molecule has 1 aromatic rings. The van der Waals surface area contributed by atoms with Crippen molar-refractivity contribution < 1.29 is 19.5 Å². The predicted molar refractivity (Wildman–Crippen MR) is 112 cm³/mol. The molecule has 1 atom stereocenters. The van der Waals surface area contributed by atoms with Crippen molar-refractivity contribution in [2.45, 2.75) is 51.1 Å². The Hall–Kier alpha value is -2.12. The number of carboxylic acid groups (broad SMARTS) is 1. The van der Waals surface area contributed by atoms with Crippen molar-refractivity contribution in [3.63, 3.8) is 0 Å². The van der Waals surface area contributed by atoms with Crippen LogP contribution in [0, 0.1) is 6.92 Å². The van der Waals surface area contributed by atoms with Crippen LogP contribution in [0.1, 0.15) is 48.0 Å². The molecule has 160 valence electrons. The number of carboxylic acids is 1. The van der Waals surface area contributed by atoms with Crippen LogP contribution in [0.25, 0.3) is 0 Å². The minimum atomic E-state index is -0.842. The number of carbonyl (C=O) groups excluding carboxylic acids is 2. The second kappa shape index (κ2) is 10.6. The lowest BCUT2D eigenvalue weighted by Crippen LogP contribution is -2.52. The molecule has 0 spiro atoms. The number of likely N-dealkylation sites (tertiary alicyclic amines) is 2. The highest BCUT2D eigenvalue weighted by atomic mass is 35.5. The summed E-state index contributed by atoms with van der Waals surface area (Å²) < 4.78 is 0. The summed E-state index contributed by atoms with van der Waals surface area (Å²) in [7, 11) is 0. The number of amides is 2. The first-order valence-corrected chi connectivity index (χ1v) is 10.1. The highest BCUT2D eigenvalue weighted by Gasteiger charge is 2.32. The fraction of sp³-hybridized carbons (Fsp3) is 0.571. The Morgan fingerprint density at radius 1 is 1.07 bits per heavy atom. The fourth-order valence-corrected chi connectivity index (χ4v) is 4.10. The summed E-state index contributed by atoms with van der Waals surface area (Å²) in [5.74, 6) is -0.928. The average Bonchev–Trinajstić information content (AvgIpc) is 2.69. The average molecular weight is 424 g/mol. The highest BCUT2D eigenvalue weighted by Crippen LogP contribution is 2.18. The summed E-state index contributed by atoms with van der Waals surface area (Å²) >= 11 is 0. The molecule has 2 saturated heterocycles. The van der Waals surface area contributed by atoms with Gasteiger partial charge >= 0.3 is 5.97 Å². The molecule has 8 heteroatoms. The number of nitrogens with zero attached hydrogens (tertiary/aromatic N) is 2. The van der Waals surface area contributed by atoms with Crippen LogP contribution in [0.2, 0.25) is 0 Å². The third-order valence-electron chi connectivity index (χ3n) is 5.81. The molecule has 2 fully saturated rings. The largest absolute Gasteiger partial charge is 0.480 e. The number of nitrogens with one attached hydrogen (secondary N) is 1. The summed E-state index contributed by atoms with van der Waals surface area (Å²) in [5.41, 5.74) is 1.63. The Labute approximate surface area is 177 Å². The molecule has 2 aliphatic rings. The molecule has 0 saturated carbocycles. The first kappa shape index (κ1) is 23.2. The molecule has 2 heterocycles. The summed E-state index contributed by atoms with van der Waals surface area (Å²) in [6.45, 7) is 3.91. The van der Waals surface area contributed by atoms with Gasteiger partial charge in [0.15, 0.2) is 0 Å². The SMILES string of the molecule is Cc1ccccc1C(=O)NC1CCN(C(=O)CN2CCCCC2C(=O)O)CC1.Cl. The fourth-order valence-electron chi connectivity index (χ4n) is 4.10. The number of piperidine rings is 2. The van der Waals surface area contributed by atoms with E-state index in [0.29, 0.717) is 44.5 Å². The van der Waals surface area contributed by atoms with Gasteiger partial charge in [-0.25, -0.2) is 0 Å². The maximum Gasteiger partial charge on any atom is 0.320 e. The lowest BCUT2D eigenvalue weighted by Gasteiger charge is -2.36. The Morgan fingerprint density at radius 3 is 2.41 bits per heavy atom. The summed E-state index contributed by atoms with van der Waals surface area (Å²) in [6, 6.07) is 7.01. The lowest BCUT2D eigenvalue weighted by molar-refractivity contribution is -0.146. The van der Waals surface area contributed by atoms with E-state index in [1.807, 2.05) is 31.2 Å². The van der Waals surface area contributed by atoms with Gasteiger partial charge in [-0.05, 0) is 50.8 Å². The Balaban J connectivity index is 0.00000300. The quantitative estimate of drug-likeness (QED) is 0.756. The van der Waals surface area contributed by atoms with Crippen molar-refractivity contribution in [1.29, 1.82) is 0 Å². The van der Waals surface area contributed by atoms with E-state index in [-0.39, 0.29) is 36.8 Å². The van der Waals surface area contributed by atoms with Crippen LogP contribution in [-0.4, -0.2) is 71.0 Å². The third-order valence-corrected chi connectivity index (χ3v) is 5.81. The van der Waals surface area contributed by atoms with Gasteiger partial charge in [0.25, 0.3) is 5.91 Å². The van der Waals surface area contributed by atoms with Gasteiger partial charge in [0.1, 0.15) is 6.04 Å². The van der Waals surface area contributed by atoms with Crippen LogP contribution in [-0.2, 0) is 9.59 Å². The van der Waals surface area contributed by atoms with E-state index in [4.69, 9.17) is 0 Å². The van der Waals surface area contributed by atoms with Crippen molar-refractivity contribution in [1.82, 2.24) is 15.1 Å². The van der Waals surface area contributed by atoms with Gasteiger partial charge in [-0.15, -0.1) is 12.4 Å². The first-order valence-electron chi connectivity index (χ1n) is 10.1. The van der Waals surface area contributed by atoms with Crippen molar-refractivity contribution in [2.24, 2.45) is 0 Å². The molecule has 0 radical (unpaired) electrons. The monoisotopic (exact) mass is 423 g/mol. The van der Waals surface area contributed by atoms with Gasteiger partial charge in [-0.2, -0.15) is 0 Å². The number of aryl methyl sites for hydroxylation is 1. The van der Waals surface area contributed by atoms with Crippen LogP contribution in [0.5, 0.6) is 0 Å². The van der Waals surface area contributed by atoms with Crippen LogP contribution in [0.15, 0.2) is 24.3 Å². The molecule has 3 rings (SSSR count). The molecule has 1 aromatic carbocycles. The molecular formula is C21H30ClN3O4. The summed E-state index contributed by atoms with van der Waals surface area (Å²) in [5, 5.41) is 12.4. The van der Waals surface area contributed by atoms with Crippen LogP contribution in [0.4, 0.5) is 0 Å². The van der Waals surface area contributed by atoms with E-state index >= 15 is 0 Å². The van der Waals surface area contributed by atoms with Crippen molar-refractivity contribution >= 4 is 30.2 Å². The highest BCUT2D eigenvalue weighted by molar-refractivity contribution is 5.95. The van der Waals surface area contributed by atoms with Crippen LogP contribution in [0.3, 0.4) is 0 Å². The maximum atomic E-state index is 12.6. The summed E-state index contributed by atoms with van der Waals surface area (Å²) in [6.07, 6.45) is 3.87. The first-order chi connectivity index (χ1) is 13.5. The maximum absolute atomic E-state index is 12.6. The predicted octanol–water partition coefficient (Wildman–Crippen LogP) is 2.08. The third kappa shape index (κ3) is 5.93. The van der Waals surface area contributed by atoms with Gasteiger partial charge in [0.2, 0.25) is 5.91 Å². The smallest absolute Gasteiger partial charge is 0.320 e. The van der Waals surface area contributed by atoms with E-state index in [0.717, 1.165) is 18.4 Å². The van der Waals surface area contributed by atoms with Gasteiger partial charge in [-0.1, -0.05) is 24.6 Å². The van der Waals surface area contributed by atoms with Crippen molar-refractivity contribution in [3.8, 4) is 0 Å². The van der Waals surface area contributed by atoms with Crippen LogP contribution >= 0.6 is 12.4 Å².